The number of aromatic nitrogens is 2. The third-order valence-electron chi connectivity index (χ3n) is 5.94. The highest BCUT2D eigenvalue weighted by molar-refractivity contribution is 5.78. The SMILES string of the molecule is COc1ccc2c(=O)n(CC3CCN(CC4CCC4)CC3)cnc2c1. The van der Waals surface area contributed by atoms with Gasteiger partial charge in [-0.25, -0.2) is 4.98 Å². The Morgan fingerprint density at radius 3 is 2.56 bits per heavy atom. The van der Waals surface area contributed by atoms with Crippen molar-refractivity contribution >= 4 is 10.9 Å². The van der Waals surface area contributed by atoms with E-state index in [9.17, 15) is 4.79 Å². The Morgan fingerprint density at radius 2 is 1.88 bits per heavy atom. The average Bonchev–Trinajstić information content (AvgIpc) is 2.61. The first-order valence-corrected chi connectivity index (χ1v) is 9.48. The summed E-state index contributed by atoms with van der Waals surface area (Å²) in [6, 6.07) is 5.47. The van der Waals surface area contributed by atoms with Crippen molar-refractivity contribution in [2.75, 3.05) is 26.7 Å². The standard InChI is InChI=1S/C20H27N3O2/c1-25-17-5-6-18-19(11-17)21-14-23(20(18)24)13-16-7-9-22(10-8-16)12-15-3-2-4-15/h5-6,11,14-16H,2-4,7-10,12-13H2,1H3. The number of nitrogens with zero attached hydrogens (tertiary/aromatic N) is 3. The molecule has 1 saturated carbocycles. The van der Waals surface area contributed by atoms with Gasteiger partial charge in [0.15, 0.2) is 0 Å². The summed E-state index contributed by atoms with van der Waals surface area (Å²) in [5.74, 6) is 2.25. The molecule has 134 valence electrons. The quantitative estimate of drug-likeness (QED) is 0.839. The maximum Gasteiger partial charge on any atom is 0.261 e. The largest absolute Gasteiger partial charge is 0.497 e. The predicted octanol–water partition coefficient (Wildman–Crippen LogP) is 2.92. The molecule has 2 heterocycles. The second kappa shape index (κ2) is 7.16. The summed E-state index contributed by atoms with van der Waals surface area (Å²) in [4.78, 5) is 19.8. The Kier molecular flexibility index (Phi) is 4.75. The van der Waals surface area contributed by atoms with E-state index in [2.05, 4.69) is 9.88 Å². The molecule has 4 rings (SSSR count). The van der Waals surface area contributed by atoms with Crippen LogP contribution in [0.2, 0.25) is 0 Å². The molecule has 2 aromatic rings. The lowest BCUT2D eigenvalue weighted by molar-refractivity contribution is 0.126. The fourth-order valence-corrected chi connectivity index (χ4v) is 4.07. The first-order valence-electron chi connectivity index (χ1n) is 9.48. The van der Waals surface area contributed by atoms with Crippen LogP contribution in [0.1, 0.15) is 32.1 Å². The van der Waals surface area contributed by atoms with Crippen molar-refractivity contribution in [3.05, 3.63) is 34.9 Å². The lowest BCUT2D eigenvalue weighted by atomic mass is 9.84. The van der Waals surface area contributed by atoms with Crippen molar-refractivity contribution in [2.45, 2.75) is 38.6 Å². The lowest BCUT2D eigenvalue weighted by Crippen LogP contribution is -2.40. The van der Waals surface area contributed by atoms with Gasteiger partial charge in [-0.05, 0) is 62.7 Å². The Hall–Kier alpha value is -1.88. The fourth-order valence-electron chi connectivity index (χ4n) is 4.07. The van der Waals surface area contributed by atoms with Crippen molar-refractivity contribution < 1.29 is 4.74 Å². The molecule has 1 aliphatic heterocycles. The van der Waals surface area contributed by atoms with Crippen molar-refractivity contribution in [1.29, 1.82) is 0 Å². The van der Waals surface area contributed by atoms with Gasteiger partial charge in [-0.2, -0.15) is 0 Å². The number of ether oxygens (including phenoxy) is 1. The number of hydrogen-bond acceptors (Lipinski definition) is 4. The van der Waals surface area contributed by atoms with Gasteiger partial charge >= 0.3 is 0 Å². The van der Waals surface area contributed by atoms with Gasteiger partial charge in [-0.1, -0.05) is 6.42 Å². The lowest BCUT2D eigenvalue weighted by Gasteiger charge is -2.37. The van der Waals surface area contributed by atoms with Gasteiger partial charge in [0, 0.05) is 19.2 Å². The molecule has 0 amide bonds. The van der Waals surface area contributed by atoms with Gasteiger partial charge in [0.05, 0.1) is 24.3 Å². The molecule has 1 aromatic heterocycles. The summed E-state index contributed by atoms with van der Waals surface area (Å²) in [6.07, 6.45) is 8.32. The highest BCUT2D eigenvalue weighted by Crippen LogP contribution is 2.29. The topological polar surface area (TPSA) is 47.4 Å². The predicted molar refractivity (Wildman–Crippen MR) is 99.1 cm³/mol. The monoisotopic (exact) mass is 341 g/mol. The molecule has 0 N–H and O–H groups in total. The van der Waals surface area contributed by atoms with E-state index in [-0.39, 0.29) is 5.56 Å². The van der Waals surface area contributed by atoms with E-state index in [1.54, 1.807) is 18.0 Å². The molecule has 5 heteroatoms. The molecule has 0 atom stereocenters. The van der Waals surface area contributed by atoms with E-state index >= 15 is 0 Å². The van der Waals surface area contributed by atoms with Crippen LogP contribution in [0.15, 0.2) is 29.3 Å². The average molecular weight is 341 g/mol. The van der Waals surface area contributed by atoms with Crippen LogP contribution in [0.5, 0.6) is 5.75 Å². The van der Waals surface area contributed by atoms with E-state index in [0.717, 1.165) is 18.2 Å². The first kappa shape index (κ1) is 16.6. The Balaban J connectivity index is 1.41. The first-order chi connectivity index (χ1) is 12.2. The molecular weight excluding hydrogens is 314 g/mol. The van der Waals surface area contributed by atoms with Gasteiger partial charge in [-0.3, -0.25) is 9.36 Å². The van der Waals surface area contributed by atoms with Crippen molar-refractivity contribution in [3.8, 4) is 5.75 Å². The third kappa shape index (κ3) is 3.56. The second-order valence-corrected chi connectivity index (χ2v) is 7.63. The number of hydrogen-bond donors (Lipinski definition) is 0. The molecule has 0 bridgehead atoms. The van der Waals surface area contributed by atoms with Crippen molar-refractivity contribution in [2.24, 2.45) is 11.8 Å². The van der Waals surface area contributed by atoms with Crippen LogP contribution in [-0.2, 0) is 6.54 Å². The Labute approximate surface area is 148 Å². The van der Waals surface area contributed by atoms with Gasteiger partial charge < -0.3 is 9.64 Å². The summed E-state index contributed by atoms with van der Waals surface area (Å²) in [6.45, 7) is 4.42. The molecule has 0 unspecified atom stereocenters. The van der Waals surface area contributed by atoms with E-state index < -0.39 is 0 Å². The number of rotatable bonds is 5. The maximum atomic E-state index is 12.7. The summed E-state index contributed by atoms with van der Waals surface area (Å²) < 4.78 is 7.00. The molecule has 1 saturated heterocycles. The number of benzene rings is 1. The van der Waals surface area contributed by atoms with Crippen LogP contribution in [0.3, 0.4) is 0 Å². The van der Waals surface area contributed by atoms with Crippen molar-refractivity contribution in [1.82, 2.24) is 14.5 Å². The number of methoxy groups -OCH3 is 1. The zero-order valence-electron chi connectivity index (χ0n) is 15.0. The fraction of sp³-hybridized carbons (Fsp3) is 0.600. The molecule has 2 fully saturated rings. The normalized spacial score (nSPS) is 19.9. The second-order valence-electron chi connectivity index (χ2n) is 7.63. The zero-order chi connectivity index (χ0) is 17.2. The molecule has 0 radical (unpaired) electrons. The third-order valence-corrected chi connectivity index (χ3v) is 5.94. The molecule has 5 nitrogen and oxygen atoms in total. The minimum Gasteiger partial charge on any atom is -0.497 e. The minimum absolute atomic E-state index is 0.0598. The molecular formula is C20H27N3O2. The van der Waals surface area contributed by atoms with Crippen molar-refractivity contribution in [3.63, 3.8) is 0 Å². The van der Waals surface area contributed by atoms with Crippen LogP contribution < -0.4 is 10.3 Å². The van der Waals surface area contributed by atoms with E-state index in [1.807, 2.05) is 18.2 Å². The minimum atomic E-state index is 0.0598. The maximum absolute atomic E-state index is 12.7. The molecule has 2 aliphatic rings. The van der Waals surface area contributed by atoms with Gasteiger partial charge in [0.2, 0.25) is 0 Å². The van der Waals surface area contributed by atoms with Gasteiger partial charge in [0.1, 0.15) is 5.75 Å². The number of likely N-dealkylation sites (tertiary alicyclic amines) is 1. The van der Waals surface area contributed by atoms with Crippen LogP contribution in [0.25, 0.3) is 10.9 Å². The van der Waals surface area contributed by atoms with Crippen LogP contribution in [-0.4, -0.2) is 41.2 Å². The highest BCUT2D eigenvalue weighted by Gasteiger charge is 2.25. The number of piperidine rings is 1. The van der Waals surface area contributed by atoms with Crippen LogP contribution >= 0.6 is 0 Å². The summed E-state index contributed by atoms with van der Waals surface area (Å²) in [5, 5.41) is 0.672. The highest BCUT2D eigenvalue weighted by atomic mass is 16.5. The molecule has 1 aromatic carbocycles. The summed E-state index contributed by atoms with van der Waals surface area (Å²) in [5.41, 5.74) is 0.764. The number of fused-ring (bicyclic) bond motifs is 1. The van der Waals surface area contributed by atoms with Crippen LogP contribution in [0, 0.1) is 11.8 Å². The van der Waals surface area contributed by atoms with E-state index in [0.29, 0.717) is 16.8 Å². The van der Waals surface area contributed by atoms with Gasteiger partial charge in [0.25, 0.3) is 5.56 Å². The van der Waals surface area contributed by atoms with E-state index in [4.69, 9.17) is 4.74 Å². The van der Waals surface area contributed by atoms with Gasteiger partial charge in [-0.15, -0.1) is 0 Å². The van der Waals surface area contributed by atoms with E-state index in [1.165, 1.54) is 51.7 Å². The smallest absolute Gasteiger partial charge is 0.261 e. The Bertz CT molecular complexity index is 789. The molecule has 0 spiro atoms. The molecule has 25 heavy (non-hydrogen) atoms. The Morgan fingerprint density at radius 1 is 1.12 bits per heavy atom. The summed E-state index contributed by atoms with van der Waals surface area (Å²) >= 11 is 0. The molecule has 1 aliphatic carbocycles. The zero-order valence-corrected chi connectivity index (χ0v) is 15.0. The summed E-state index contributed by atoms with van der Waals surface area (Å²) in [7, 11) is 1.62. The van der Waals surface area contributed by atoms with Crippen LogP contribution in [0.4, 0.5) is 0 Å².